The SMILES string of the molecule is Nc1c(Cc2cnn(Cc3cccc(N4CCNC(c5cccc(Cl)c5)C4)c3)c2)cc(NC(c2ccccc2)(c2ccccc2)c2ccccc2)nc1NC(c1ccccc1)(c1ccccc1)c1ccccc1. The lowest BCUT2D eigenvalue weighted by molar-refractivity contribution is 0.472. The lowest BCUT2D eigenvalue weighted by Gasteiger charge is -2.39. The molecule has 0 amide bonds. The van der Waals surface area contributed by atoms with E-state index in [0.717, 1.165) is 69.2 Å². The van der Waals surface area contributed by atoms with Gasteiger partial charge in [-0.15, -0.1) is 0 Å². The molecular weight excluding hydrogens is 916 g/mol. The minimum absolute atomic E-state index is 0.190. The summed E-state index contributed by atoms with van der Waals surface area (Å²) in [6, 6.07) is 82.8. The molecule has 360 valence electrons. The molecule has 1 aliphatic heterocycles. The normalized spacial score (nSPS) is 13.9. The molecule has 9 heteroatoms. The van der Waals surface area contributed by atoms with E-state index in [4.69, 9.17) is 27.4 Å². The van der Waals surface area contributed by atoms with Gasteiger partial charge in [0, 0.05) is 49.0 Å². The molecule has 10 aromatic rings. The third kappa shape index (κ3) is 9.83. The van der Waals surface area contributed by atoms with Gasteiger partial charge >= 0.3 is 0 Å². The summed E-state index contributed by atoms with van der Waals surface area (Å²) in [6.45, 7) is 3.27. The third-order valence-corrected chi connectivity index (χ3v) is 14.4. The van der Waals surface area contributed by atoms with E-state index in [1.54, 1.807) is 0 Å². The van der Waals surface area contributed by atoms with Crippen LogP contribution in [-0.2, 0) is 24.0 Å². The van der Waals surface area contributed by atoms with E-state index in [-0.39, 0.29) is 6.04 Å². The van der Waals surface area contributed by atoms with Gasteiger partial charge in [0.25, 0.3) is 0 Å². The zero-order valence-corrected chi connectivity index (χ0v) is 41.3. The van der Waals surface area contributed by atoms with Crippen LogP contribution in [0.1, 0.15) is 61.7 Å². The average molecular weight is 974 g/mol. The van der Waals surface area contributed by atoms with Gasteiger partial charge in [-0.1, -0.05) is 218 Å². The zero-order valence-electron chi connectivity index (χ0n) is 40.5. The fourth-order valence-corrected chi connectivity index (χ4v) is 10.8. The monoisotopic (exact) mass is 972 g/mol. The summed E-state index contributed by atoms with van der Waals surface area (Å²) < 4.78 is 2.02. The highest BCUT2D eigenvalue weighted by Crippen LogP contribution is 2.44. The van der Waals surface area contributed by atoms with Crippen molar-refractivity contribution < 1.29 is 0 Å². The van der Waals surface area contributed by atoms with Crippen molar-refractivity contribution in [2.45, 2.75) is 30.1 Å². The van der Waals surface area contributed by atoms with E-state index in [0.29, 0.717) is 30.3 Å². The molecule has 0 spiro atoms. The third-order valence-electron chi connectivity index (χ3n) is 14.1. The molecule has 1 unspecified atom stereocenters. The highest BCUT2D eigenvalue weighted by Gasteiger charge is 2.40. The quantitative estimate of drug-likeness (QED) is 0.0716. The number of rotatable bonds is 16. The van der Waals surface area contributed by atoms with Crippen molar-refractivity contribution in [2.75, 3.05) is 40.9 Å². The van der Waals surface area contributed by atoms with Crippen LogP contribution in [0.25, 0.3) is 0 Å². The van der Waals surface area contributed by atoms with Gasteiger partial charge in [0.15, 0.2) is 5.82 Å². The smallest absolute Gasteiger partial charge is 0.153 e. The second kappa shape index (κ2) is 21.1. The Morgan fingerprint density at radius 3 is 1.59 bits per heavy atom. The first kappa shape index (κ1) is 46.9. The highest BCUT2D eigenvalue weighted by molar-refractivity contribution is 6.30. The summed E-state index contributed by atoms with van der Waals surface area (Å²) in [5, 5.41) is 17.5. The Hall–Kier alpha value is -8.43. The van der Waals surface area contributed by atoms with Crippen LogP contribution in [0.2, 0.25) is 5.02 Å². The Labute approximate surface area is 433 Å². The topological polar surface area (TPSA) is 96.1 Å². The number of anilines is 4. The van der Waals surface area contributed by atoms with Crippen LogP contribution in [0.5, 0.6) is 0 Å². The van der Waals surface area contributed by atoms with Crippen molar-refractivity contribution in [2.24, 2.45) is 0 Å². The first-order chi connectivity index (χ1) is 35.9. The summed E-state index contributed by atoms with van der Waals surface area (Å²) in [5.74, 6) is 1.20. The van der Waals surface area contributed by atoms with Crippen LogP contribution in [0.15, 0.2) is 249 Å². The minimum Gasteiger partial charge on any atom is -0.396 e. The predicted molar refractivity (Wildman–Crippen MR) is 299 cm³/mol. The van der Waals surface area contributed by atoms with Crippen molar-refractivity contribution in [3.8, 4) is 0 Å². The van der Waals surface area contributed by atoms with Gasteiger partial charge in [-0.05, 0) is 86.0 Å². The number of pyridine rings is 1. The number of nitrogens with zero attached hydrogens (tertiary/aromatic N) is 4. The highest BCUT2D eigenvalue weighted by atomic mass is 35.5. The molecule has 0 saturated carbocycles. The van der Waals surface area contributed by atoms with Crippen LogP contribution in [0.3, 0.4) is 0 Å². The van der Waals surface area contributed by atoms with Crippen molar-refractivity contribution >= 4 is 34.6 Å². The molecule has 11 rings (SSSR count). The van der Waals surface area contributed by atoms with Gasteiger partial charge in [-0.25, -0.2) is 4.98 Å². The minimum atomic E-state index is -0.892. The van der Waals surface area contributed by atoms with E-state index >= 15 is 0 Å². The molecule has 1 fully saturated rings. The first-order valence-electron chi connectivity index (χ1n) is 25.0. The number of halogens is 1. The van der Waals surface area contributed by atoms with Gasteiger partial charge < -0.3 is 26.6 Å². The Morgan fingerprint density at radius 1 is 0.562 bits per heavy atom. The molecule has 8 aromatic carbocycles. The van der Waals surface area contributed by atoms with E-state index in [1.807, 2.05) is 23.0 Å². The maximum Gasteiger partial charge on any atom is 0.153 e. The number of benzene rings is 8. The molecule has 2 aromatic heterocycles. The number of hydrogen-bond donors (Lipinski definition) is 4. The van der Waals surface area contributed by atoms with Gasteiger partial charge in [0.05, 0.1) is 18.4 Å². The van der Waals surface area contributed by atoms with Crippen LogP contribution in [0.4, 0.5) is 23.0 Å². The van der Waals surface area contributed by atoms with Crippen molar-refractivity contribution in [3.05, 3.63) is 310 Å². The summed E-state index contributed by atoms with van der Waals surface area (Å²) in [4.78, 5) is 8.00. The Bertz CT molecular complexity index is 3200. The number of nitrogen functional groups attached to an aromatic ring is 1. The van der Waals surface area contributed by atoms with Crippen LogP contribution >= 0.6 is 11.6 Å². The molecular formula is C64H57ClN8. The molecule has 0 bridgehead atoms. The molecule has 8 nitrogen and oxygen atoms in total. The van der Waals surface area contributed by atoms with E-state index in [2.05, 4.69) is 252 Å². The number of nitrogens with one attached hydrogen (secondary N) is 3. The second-order valence-corrected chi connectivity index (χ2v) is 19.2. The molecule has 0 aliphatic carbocycles. The Kier molecular flexibility index (Phi) is 13.6. The molecule has 1 aliphatic rings. The molecule has 3 heterocycles. The first-order valence-corrected chi connectivity index (χ1v) is 25.4. The van der Waals surface area contributed by atoms with Crippen LogP contribution < -0.4 is 26.6 Å². The van der Waals surface area contributed by atoms with Crippen LogP contribution in [0, 0.1) is 0 Å². The summed E-state index contributed by atoms with van der Waals surface area (Å²) in [6.07, 6.45) is 4.60. The summed E-state index contributed by atoms with van der Waals surface area (Å²) in [7, 11) is 0. The standard InChI is InChI=1S/C64H57ClN8/c65-57-35-20-22-49(41-57)59-46-72(38-37-67-59)58-36-19-21-47(40-58)44-73-45-48(43-68-73)39-50-42-60(70-63(51-23-7-1-8-24-51,52-25-9-2-10-26-52)53-27-11-3-12-28-53)69-62(61(50)66)71-64(54-29-13-4-14-30-54,55-31-15-5-16-32-55)56-33-17-6-18-34-56/h1-36,40-43,45,59,67H,37-39,44,46,66H2,(H2,69,70,71). The molecule has 1 atom stereocenters. The number of piperazine rings is 1. The maximum absolute atomic E-state index is 7.52. The lowest BCUT2D eigenvalue weighted by atomic mass is 9.76. The molecule has 1 saturated heterocycles. The average Bonchev–Trinajstić information content (AvgIpc) is 3.90. The van der Waals surface area contributed by atoms with Crippen LogP contribution in [-0.4, -0.2) is 34.4 Å². The van der Waals surface area contributed by atoms with Gasteiger partial charge in [0.2, 0.25) is 0 Å². The largest absolute Gasteiger partial charge is 0.396 e. The maximum atomic E-state index is 7.52. The van der Waals surface area contributed by atoms with Gasteiger partial charge in [-0.3, -0.25) is 4.68 Å². The van der Waals surface area contributed by atoms with Crippen molar-refractivity contribution in [1.29, 1.82) is 0 Å². The van der Waals surface area contributed by atoms with E-state index in [1.165, 1.54) is 16.8 Å². The Morgan fingerprint density at radius 2 is 1.07 bits per heavy atom. The fraction of sp³-hybridized carbons (Fsp3) is 0.125. The van der Waals surface area contributed by atoms with E-state index in [9.17, 15) is 0 Å². The zero-order chi connectivity index (χ0) is 49.5. The van der Waals surface area contributed by atoms with Crippen molar-refractivity contribution in [3.63, 3.8) is 0 Å². The summed E-state index contributed by atoms with van der Waals surface area (Å²) >= 11 is 6.39. The number of aromatic nitrogens is 3. The Balaban J connectivity index is 0.996. The fourth-order valence-electron chi connectivity index (χ4n) is 10.6. The number of nitrogens with two attached hydrogens (primary N) is 1. The molecule has 0 radical (unpaired) electrons. The lowest BCUT2D eigenvalue weighted by Crippen LogP contribution is -2.45. The second-order valence-electron chi connectivity index (χ2n) is 18.8. The number of hydrogen-bond acceptors (Lipinski definition) is 7. The summed E-state index contributed by atoms with van der Waals surface area (Å²) in [5.41, 5.74) is 18.2. The van der Waals surface area contributed by atoms with E-state index < -0.39 is 11.1 Å². The van der Waals surface area contributed by atoms with Gasteiger partial charge in [-0.2, -0.15) is 5.10 Å². The van der Waals surface area contributed by atoms with Crippen molar-refractivity contribution in [1.82, 2.24) is 20.1 Å². The molecule has 73 heavy (non-hydrogen) atoms. The molecule has 5 N–H and O–H groups in total. The van der Waals surface area contributed by atoms with Gasteiger partial charge in [0.1, 0.15) is 16.9 Å². The predicted octanol–water partition coefficient (Wildman–Crippen LogP) is 13.1.